The maximum absolute atomic E-state index is 13.1. The maximum atomic E-state index is 13.1. The summed E-state index contributed by atoms with van der Waals surface area (Å²) in [5.41, 5.74) is 0.708. The third kappa shape index (κ3) is 2.05. The normalized spacial score (nSPS) is 10.9. The third-order valence-corrected chi connectivity index (χ3v) is 3.54. The second-order valence-corrected chi connectivity index (χ2v) is 5.01. The molecule has 0 aliphatic heterocycles. The first-order valence-corrected chi connectivity index (χ1v) is 6.56. The lowest BCUT2D eigenvalue weighted by molar-refractivity contribution is 0.627. The van der Waals surface area contributed by atoms with E-state index in [9.17, 15) is 9.18 Å². The number of hydrogen-bond donors (Lipinski definition) is 1. The fourth-order valence-electron chi connectivity index (χ4n) is 2.04. The lowest BCUT2D eigenvalue weighted by Gasteiger charge is -2.09. The van der Waals surface area contributed by atoms with Crippen LogP contribution in [-0.2, 0) is 0 Å². The molecule has 0 aliphatic carbocycles. The summed E-state index contributed by atoms with van der Waals surface area (Å²) in [6.07, 6.45) is 0. The number of nitrogens with one attached hydrogen (secondary N) is 1. The minimum absolute atomic E-state index is 0.127. The standard InChI is InChI=1S/C14H8ClFN2OS/c15-10-7-8(16)5-6-12(10)18-13(19)9-3-1-2-4-11(9)17-14(18)20/h1-7H,(H,17,20). The first kappa shape index (κ1) is 13.0. The van der Waals surface area contributed by atoms with Crippen molar-refractivity contribution in [3.05, 3.63) is 68.4 Å². The number of para-hydroxylation sites is 1. The number of aromatic nitrogens is 2. The molecule has 0 saturated heterocycles. The summed E-state index contributed by atoms with van der Waals surface area (Å²) in [5, 5.41) is 0.614. The van der Waals surface area contributed by atoms with Gasteiger partial charge in [0.15, 0.2) is 4.77 Å². The monoisotopic (exact) mass is 306 g/mol. The minimum atomic E-state index is -0.470. The van der Waals surface area contributed by atoms with E-state index in [-0.39, 0.29) is 15.4 Å². The van der Waals surface area contributed by atoms with Gasteiger partial charge >= 0.3 is 0 Å². The van der Waals surface area contributed by atoms with Crippen molar-refractivity contribution in [3.63, 3.8) is 0 Å². The van der Waals surface area contributed by atoms with Gasteiger partial charge in [-0.2, -0.15) is 0 Å². The number of fused-ring (bicyclic) bond motifs is 1. The summed E-state index contributed by atoms with van der Waals surface area (Å²) in [5.74, 6) is -0.470. The van der Waals surface area contributed by atoms with Crippen molar-refractivity contribution < 1.29 is 4.39 Å². The highest BCUT2D eigenvalue weighted by Crippen LogP contribution is 2.21. The molecule has 6 heteroatoms. The third-order valence-electron chi connectivity index (χ3n) is 2.96. The fourth-order valence-corrected chi connectivity index (χ4v) is 2.59. The van der Waals surface area contributed by atoms with Crippen molar-refractivity contribution in [2.75, 3.05) is 0 Å². The summed E-state index contributed by atoms with van der Waals surface area (Å²) in [6, 6.07) is 10.8. The van der Waals surface area contributed by atoms with Crippen molar-refractivity contribution in [1.29, 1.82) is 0 Å². The van der Waals surface area contributed by atoms with Crippen LogP contribution < -0.4 is 5.56 Å². The number of rotatable bonds is 1. The molecule has 2 aromatic carbocycles. The van der Waals surface area contributed by atoms with Crippen LogP contribution in [0.15, 0.2) is 47.3 Å². The van der Waals surface area contributed by atoms with Crippen LogP contribution in [0.25, 0.3) is 16.6 Å². The van der Waals surface area contributed by atoms with E-state index in [0.29, 0.717) is 16.6 Å². The van der Waals surface area contributed by atoms with Gasteiger partial charge in [-0.05, 0) is 42.5 Å². The van der Waals surface area contributed by atoms with Gasteiger partial charge in [0.2, 0.25) is 0 Å². The molecule has 0 unspecified atom stereocenters. The van der Waals surface area contributed by atoms with Crippen LogP contribution in [0.3, 0.4) is 0 Å². The summed E-state index contributed by atoms with van der Waals surface area (Å²) in [4.78, 5) is 15.5. The highest BCUT2D eigenvalue weighted by molar-refractivity contribution is 7.71. The van der Waals surface area contributed by atoms with Gasteiger partial charge in [-0.3, -0.25) is 9.36 Å². The Hall–Kier alpha value is -1.98. The lowest BCUT2D eigenvalue weighted by atomic mass is 10.2. The molecule has 3 rings (SSSR count). The average Bonchev–Trinajstić information content (AvgIpc) is 2.41. The summed E-state index contributed by atoms with van der Waals surface area (Å²) in [7, 11) is 0. The molecule has 0 bridgehead atoms. The van der Waals surface area contributed by atoms with Crippen LogP contribution in [0.4, 0.5) is 4.39 Å². The molecule has 1 heterocycles. The molecule has 0 atom stereocenters. The van der Waals surface area contributed by atoms with E-state index in [1.54, 1.807) is 18.2 Å². The molecule has 3 aromatic rings. The molecule has 3 nitrogen and oxygen atoms in total. The fraction of sp³-hybridized carbons (Fsp3) is 0. The highest BCUT2D eigenvalue weighted by Gasteiger charge is 2.10. The van der Waals surface area contributed by atoms with Gasteiger partial charge in [0, 0.05) is 0 Å². The van der Waals surface area contributed by atoms with Gasteiger partial charge in [0.05, 0.1) is 21.6 Å². The molecule has 1 aromatic heterocycles. The molecule has 0 fully saturated rings. The second-order valence-electron chi connectivity index (χ2n) is 4.21. The van der Waals surface area contributed by atoms with Crippen molar-refractivity contribution in [3.8, 4) is 5.69 Å². The zero-order valence-corrected chi connectivity index (χ0v) is 11.6. The Balaban J connectivity index is 2.43. The zero-order chi connectivity index (χ0) is 14.3. The van der Waals surface area contributed by atoms with E-state index in [0.717, 1.165) is 6.07 Å². The summed E-state index contributed by atoms with van der Waals surface area (Å²) >= 11 is 11.2. The van der Waals surface area contributed by atoms with E-state index in [1.807, 2.05) is 6.07 Å². The van der Waals surface area contributed by atoms with Crippen LogP contribution >= 0.6 is 23.8 Å². The van der Waals surface area contributed by atoms with Crippen molar-refractivity contribution in [2.45, 2.75) is 0 Å². The molecule has 20 heavy (non-hydrogen) atoms. The van der Waals surface area contributed by atoms with Crippen LogP contribution in [-0.4, -0.2) is 9.55 Å². The van der Waals surface area contributed by atoms with E-state index >= 15 is 0 Å². The number of halogens is 2. The van der Waals surface area contributed by atoms with Crippen molar-refractivity contribution >= 4 is 34.7 Å². The Morgan fingerprint density at radius 3 is 2.70 bits per heavy atom. The smallest absolute Gasteiger partial charge is 0.266 e. The molecule has 0 spiro atoms. The van der Waals surface area contributed by atoms with Crippen LogP contribution in [0.5, 0.6) is 0 Å². The highest BCUT2D eigenvalue weighted by atomic mass is 35.5. The minimum Gasteiger partial charge on any atom is -0.331 e. The Bertz CT molecular complexity index is 932. The number of hydrogen-bond acceptors (Lipinski definition) is 2. The van der Waals surface area contributed by atoms with E-state index in [4.69, 9.17) is 23.8 Å². The van der Waals surface area contributed by atoms with Crippen molar-refractivity contribution in [1.82, 2.24) is 9.55 Å². The van der Waals surface area contributed by atoms with Gasteiger partial charge in [0.1, 0.15) is 5.82 Å². The summed E-state index contributed by atoms with van der Waals surface area (Å²) < 4.78 is 14.6. The first-order valence-electron chi connectivity index (χ1n) is 5.77. The van der Waals surface area contributed by atoms with Crippen LogP contribution in [0.2, 0.25) is 5.02 Å². The second kappa shape index (κ2) is 4.85. The van der Waals surface area contributed by atoms with Gasteiger partial charge in [0.25, 0.3) is 5.56 Å². The SMILES string of the molecule is O=c1c2ccccc2[nH]c(=S)n1-c1ccc(F)cc1Cl. The van der Waals surface area contributed by atoms with Gasteiger partial charge in [-0.25, -0.2) is 4.39 Å². The number of aromatic amines is 1. The van der Waals surface area contributed by atoms with Crippen LogP contribution in [0.1, 0.15) is 0 Å². The quantitative estimate of drug-likeness (QED) is 0.694. The first-order chi connectivity index (χ1) is 9.58. The van der Waals surface area contributed by atoms with Crippen molar-refractivity contribution in [2.24, 2.45) is 0 Å². The summed E-state index contributed by atoms with van der Waals surface area (Å²) in [6.45, 7) is 0. The van der Waals surface area contributed by atoms with Crippen LogP contribution in [0, 0.1) is 10.6 Å². The molecule has 0 amide bonds. The molecule has 1 N–H and O–H groups in total. The molecule has 100 valence electrons. The van der Waals surface area contributed by atoms with E-state index < -0.39 is 5.82 Å². The predicted molar refractivity (Wildman–Crippen MR) is 79.7 cm³/mol. The molecule has 0 saturated carbocycles. The van der Waals surface area contributed by atoms with E-state index in [2.05, 4.69) is 4.98 Å². The van der Waals surface area contributed by atoms with Gasteiger partial charge < -0.3 is 4.98 Å². The number of benzene rings is 2. The molecule has 0 radical (unpaired) electrons. The maximum Gasteiger partial charge on any atom is 0.266 e. The van der Waals surface area contributed by atoms with E-state index in [1.165, 1.54) is 16.7 Å². The number of H-pyrrole nitrogens is 1. The topological polar surface area (TPSA) is 37.8 Å². The van der Waals surface area contributed by atoms with Gasteiger partial charge in [-0.15, -0.1) is 0 Å². The Morgan fingerprint density at radius 2 is 1.95 bits per heavy atom. The Morgan fingerprint density at radius 1 is 1.20 bits per heavy atom. The zero-order valence-electron chi connectivity index (χ0n) is 10.1. The predicted octanol–water partition coefficient (Wildman–Crippen LogP) is 3.84. The Labute approximate surface area is 123 Å². The molecular formula is C14H8ClFN2OS. The molecular weight excluding hydrogens is 299 g/mol. The molecule has 0 aliphatic rings. The largest absolute Gasteiger partial charge is 0.331 e. The van der Waals surface area contributed by atoms with Gasteiger partial charge in [-0.1, -0.05) is 23.7 Å². The average molecular weight is 307 g/mol. The Kier molecular flexibility index (Phi) is 3.16. The number of nitrogens with zero attached hydrogens (tertiary/aromatic N) is 1. The lowest BCUT2D eigenvalue weighted by Crippen LogP contribution is -2.20.